The maximum atomic E-state index is 4.00. The molecule has 1 aromatic heterocycles. The highest BCUT2D eigenvalue weighted by molar-refractivity contribution is 8.55. The molecule has 0 aromatic carbocycles. The van der Waals surface area contributed by atoms with Gasteiger partial charge in [-0.2, -0.15) is 0 Å². The number of aromatic nitrogens is 1. The lowest BCUT2D eigenvalue weighted by Crippen LogP contribution is -2.26. The average molecular weight is 236 g/mol. The Morgan fingerprint density at radius 1 is 1.67 bits per heavy atom. The Bertz CT molecular complexity index is 498. The molecule has 0 spiro atoms. The zero-order chi connectivity index (χ0) is 10.7. The molecule has 0 saturated carbocycles. The predicted molar refractivity (Wildman–Crippen MR) is 73.8 cm³/mol. The van der Waals surface area contributed by atoms with Crippen molar-refractivity contribution in [1.29, 1.82) is 0 Å². The van der Waals surface area contributed by atoms with Gasteiger partial charge in [0.25, 0.3) is 0 Å². The third-order valence-electron chi connectivity index (χ3n) is 2.37. The van der Waals surface area contributed by atoms with Gasteiger partial charge in [-0.25, -0.2) is 0 Å². The molecule has 2 rings (SSSR count). The van der Waals surface area contributed by atoms with Crippen LogP contribution in [0.3, 0.4) is 0 Å². The molecular formula is C12H15NPS+. The summed E-state index contributed by atoms with van der Waals surface area (Å²) < 4.78 is 0. The minimum absolute atomic E-state index is 0.121. The van der Waals surface area contributed by atoms with Crippen LogP contribution in [-0.2, 0) is 0 Å². The number of aromatic amines is 1. The largest absolute Gasteiger partial charge is 0.361 e. The van der Waals surface area contributed by atoms with E-state index in [-0.39, 0.29) is 6.75 Å². The molecule has 1 aliphatic carbocycles. The number of allylic oxidation sites excluding steroid dienone is 1. The smallest absolute Gasteiger partial charge is 0.158 e. The van der Waals surface area contributed by atoms with Gasteiger partial charge in [-0.15, -0.1) is 0 Å². The van der Waals surface area contributed by atoms with Crippen LogP contribution in [0, 0.1) is 5.92 Å². The van der Waals surface area contributed by atoms with Crippen LogP contribution >= 0.6 is 18.1 Å². The molecule has 0 aliphatic heterocycles. The summed E-state index contributed by atoms with van der Waals surface area (Å²) in [6.45, 7) is 2.05. The van der Waals surface area contributed by atoms with Gasteiger partial charge in [-0.3, -0.25) is 0 Å². The van der Waals surface area contributed by atoms with Crippen LogP contribution in [-0.4, -0.2) is 17.9 Å². The van der Waals surface area contributed by atoms with E-state index in [1.165, 1.54) is 10.6 Å². The first-order chi connectivity index (χ1) is 7.25. The summed E-state index contributed by atoms with van der Waals surface area (Å²) in [7, 11) is 0. The number of fused-ring (bicyclic) bond motifs is 1. The fourth-order valence-corrected chi connectivity index (χ4v) is 2.96. The summed E-state index contributed by atoms with van der Waals surface area (Å²) in [6, 6.07) is 2.13. The number of hydrogen-bond donors (Lipinski definition) is 1. The summed E-state index contributed by atoms with van der Waals surface area (Å²) in [5, 5.41) is 4.79. The second kappa shape index (κ2) is 4.87. The summed E-state index contributed by atoms with van der Waals surface area (Å²) in [5.74, 6) is 0.552. The van der Waals surface area contributed by atoms with Gasteiger partial charge in [0, 0.05) is 22.9 Å². The van der Waals surface area contributed by atoms with Crippen molar-refractivity contribution >= 4 is 36.6 Å². The normalized spacial score (nSPS) is 20.6. The fourth-order valence-electron chi connectivity index (χ4n) is 1.64. The quantitative estimate of drug-likeness (QED) is 0.796. The van der Waals surface area contributed by atoms with Gasteiger partial charge in [-0.1, -0.05) is 18.2 Å². The minimum Gasteiger partial charge on any atom is -0.361 e. The highest BCUT2D eigenvalue weighted by Crippen LogP contribution is 2.34. The van der Waals surface area contributed by atoms with Gasteiger partial charge in [0.1, 0.15) is 18.0 Å². The van der Waals surface area contributed by atoms with Crippen molar-refractivity contribution < 1.29 is 0 Å². The molecule has 0 radical (unpaired) electrons. The molecule has 0 bridgehead atoms. The molecule has 1 heterocycles. The average Bonchev–Trinajstić information content (AvgIpc) is 2.64. The van der Waals surface area contributed by atoms with Gasteiger partial charge < -0.3 is 4.98 Å². The maximum absolute atomic E-state index is 4.00. The number of rotatable bonds is 3. The van der Waals surface area contributed by atoms with Crippen LogP contribution in [0.2, 0.25) is 0 Å². The van der Waals surface area contributed by atoms with E-state index in [2.05, 4.69) is 47.7 Å². The molecule has 0 amide bonds. The van der Waals surface area contributed by atoms with Gasteiger partial charge in [0.05, 0.1) is 6.30 Å². The van der Waals surface area contributed by atoms with E-state index >= 15 is 0 Å². The summed E-state index contributed by atoms with van der Waals surface area (Å²) in [6.07, 6.45) is 14.0. The van der Waals surface area contributed by atoms with Gasteiger partial charge in [-0.05, 0) is 17.7 Å². The van der Waals surface area contributed by atoms with Crippen LogP contribution in [0.25, 0.3) is 12.2 Å². The number of hydrogen-bond acceptors (Lipinski definition) is 1. The monoisotopic (exact) mass is 236 g/mol. The van der Waals surface area contributed by atoms with E-state index in [9.17, 15) is 0 Å². The third kappa shape index (κ3) is 2.87. The molecule has 78 valence electrons. The molecule has 2 atom stereocenters. The fraction of sp³-hybridized carbons (Fsp3) is 0.250. The molecule has 15 heavy (non-hydrogen) atoms. The first-order valence-corrected chi connectivity index (χ1v) is 8.45. The van der Waals surface area contributed by atoms with Crippen molar-refractivity contribution in [2.45, 2.75) is 6.42 Å². The lowest BCUT2D eigenvalue weighted by atomic mass is 10.0. The molecule has 1 aliphatic rings. The lowest BCUT2D eigenvalue weighted by Gasteiger charge is -2.05. The molecule has 1 N–H and O–H groups in total. The van der Waals surface area contributed by atoms with Gasteiger partial charge in [0.2, 0.25) is 0 Å². The molecule has 3 heteroatoms. The van der Waals surface area contributed by atoms with Crippen LogP contribution in [0.4, 0.5) is 0 Å². The van der Waals surface area contributed by atoms with Gasteiger partial charge in [0.15, 0.2) is 6.75 Å². The van der Waals surface area contributed by atoms with E-state index in [0.717, 1.165) is 6.42 Å². The first kappa shape index (κ1) is 10.8. The Kier molecular flexibility index (Phi) is 3.50. The zero-order valence-electron chi connectivity index (χ0n) is 8.81. The van der Waals surface area contributed by atoms with E-state index in [1.807, 2.05) is 17.6 Å². The van der Waals surface area contributed by atoms with Crippen molar-refractivity contribution in [2.75, 3.05) is 6.66 Å². The number of nitrogens with one attached hydrogen (secondary N) is 1. The van der Waals surface area contributed by atoms with Gasteiger partial charge >= 0.3 is 0 Å². The molecule has 2 unspecified atom stereocenters. The highest BCUT2D eigenvalue weighted by atomic mass is 32.7. The Labute approximate surface area is 95.1 Å². The first-order valence-electron chi connectivity index (χ1n) is 4.99. The zero-order valence-corrected chi connectivity index (χ0v) is 10.5. The standard InChI is InChI=1S/C12H15NPS/c1-14(2)15-8-6-10-3-4-12-11(9-10)5-7-13-12/h4-10,13H,1,3H2,2H3/q+1. The molecule has 0 fully saturated rings. The van der Waals surface area contributed by atoms with Crippen LogP contribution in [0.1, 0.15) is 6.42 Å². The van der Waals surface area contributed by atoms with E-state index in [0.29, 0.717) is 5.92 Å². The Balaban J connectivity index is 2.10. The maximum Gasteiger partial charge on any atom is 0.158 e. The van der Waals surface area contributed by atoms with Crippen molar-refractivity contribution in [3.8, 4) is 0 Å². The van der Waals surface area contributed by atoms with Crippen molar-refractivity contribution in [2.24, 2.45) is 5.92 Å². The van der Waals surface area contributed by atoms with E-state index in [4.69, 9.17) is 0 Å². The topological polar surface area (TPSA) is 15.8 Å². The Morgan fingerprint density at radius 2 is 2.53 bits per heavy atom. The summed E-state index contributed by atoms with van der Waals surface area (Å²) in [5.41, 5.74) is 0. The highest BCUT2D eigenvalue weighted by Gasteiger charge is 2.04. The van der Waals surface area contributed by atoms with Crippen molar-refractivity contribution in [3.63, 3.8) is 0 Å². The summed E-state index contributed by atoms with van der Waals surface area (Å²) >= 11 is 1.84. The second-order valence-electron chi connectivity index (χ2n) is 3.68. The Hall–Kier alpha value is -0.720. The molecule has 0 saturated heterocycles. The van der Waals surface area contributed by atoms with Crippen LogP contribution < -0.4 is 10.6 Å². The lowest BCUT2D eigenvalue weighted by molar-refractivity contribution is 0.892. The SMILES string of the molecule is C=[P+](C)SC=CC1C=c2cc[nH]c2=CC1. The van der Waals surface area contributed by atoms with Crippen molar-refractivity contribution in [1.82, 2.24) is 4.98 Å². The van der Waals surface area contributed by atoms with E-state index < -0.39 is 0 Å². The number of H-pyrrole nitrogens is 1. The van der Waals surface area contributed by atoms with Crippen molar-refractivity contribution in [3.05, 3.63) is 34.3 Å². The summed E-state index contributed by atoms with van der Waals surface area (Å²) in [4.78, 5) is 3.23. The van der Waals surface area contributed by atoms with E-state index in [1.54, 1.807) is 0 Å². The predicted octanol–water partition coefficient (Wildman–Crippen LogP) is 2.30. The second-order valence-corrected chi connectivity index (χ2v) is 7.92. The minimum atomic E-state index is -0.121. The molecule has 1 nitrogen and oxygen atoms in total. The Morgan fingerprint density at radius 3 is 3.33 bits per heavy atom. The third-order valence-corrected chi connectivity index (χ3v) is 4.45. The van der Waals surface area contributed by atoms with Crippen LogP contribution in [0.15, 0.2) is 23.7 Å². The molecule has 1 aromatic rings. The molecular weight excluding hydrogens is 221 g/mol. The van der Waals surface area contributed by atoms with Crippen LogP contribution in [0.5, 0.6) is 0 Å².